The molecule has 0 aliphatic heterocycles. The first-order valence-electron chi connectivity index (χ1n) is 8.21. The van der Waals surface area contributed by atoms with Crippen LogP contribution in [0.1, 0.15) is 16.8 Å². The standard InChI is InChI=1S/C18H13F6N3O2S/c1-10-15(12-5-3-4-6-13(12)17(19,20)21)27(26-16(10)18(22,23)24)14-8-7-11(9-25-14)30(2,28)29/h3-9H,1-2H3. The number of nitrogens with zero attached hydrogens (tertiary/aromatic N) is 3. The Labute approximate surface area is 166 Å². The van der Waals surface area contributed by atoms with Crippen molar-refractivity contribution in [3.63, 3.8) is 0 Å². The highest BCUT2D eigenvalue weighted by atomic mass is 32.2. The fourth-order valence-corrected chi connectivity index (χ4v) is 3.46. The molecule has 30 heavy (non-hydrogen) atoms. The zero-order valence-corrected chi connectivity index (χ0v) is 16.2. The summed E-state index contributed by atoms with van der Waals surface area (Å²) < 4.78 is 105. The van der Waals surface area contributed by atoms with Crippen LogP contribution in [-0.2, 0) is 22.2 Å². The zero-order chi connectivity index (χ0) is 22.5. The Morgan fingerprint density at radius 3 is 2.07 bits per heavy atom. The lowest BCUT2D eigenvalue weighted by molar-refractivity contribution is -0.141. The van der Waals surface area contributed by atoms with E-state index in [1.807, 2.05) is 0 Å². The Kier molecular flexibility index (Phi) is 5.17. The van der Waals surface area contributed by atoms with E-state index >= 15 is 0 Å². The van der Waals surface area contributed by atoms with Crippen LogP contribution in [0.25, 0.3) is 17.1 Å². The van der Waals surface area contributed by atoms with Crippen LogP contribution < -0.4 is 0 Å². The summed E-state index contributed by atoms with van der Waals surface area (Å²) >= 11 is 0. The number of benzene rings is 1. The summed E-state index contributed by atoms with van der Waals surface area (Å²) in [6.07, 6.45) is -7.95. The summed E-state index contributed by atoms with van der Waals surface area (Å²) in [5, 5.41) is 3.46. The molecule has 0 N–H and O–H groups in total. The number of rotatable bonds is 3. The van der Waals surface area contributed by atoms with Crippen molar-refractivity contribution in [2.45, 2.75) is 24.2 Å². The van der Waals surface area contributed by atoms with Crippen molar-refractivity contribution < 1.29 is 34.8 Å². The molecule has 1 aromatic carbocycles. The third-order valence-corrected chi connectivity index (χ3v) is 5.34. The second-order valence-electron chi connectivity index (χ2n) is 6.40. The van der Waals surface area contributed by atoms with E-state index in [9.17, 15) is 34.8 Å². The number of hydrogen-bond donors (Lipinski definition) is 0. The minimum absolute atomic E-state index is 0.205. The molecule has 0 radical (unpaired) electrons. The third-order valence-electron chi connectivity index (χ3n) is 4.24. The summed E-state index contributed by atoms with van der Waals surface area (Å²) in [6, 6.07) is 6.32. The Hall–Kier alpha value is -2.89. The van der Waals surface area contributed by atoms with Crippen LogP contribution in [0, 0.1) is 6.92 Å². The van der Waals surface area contributed by atoms with Gasteiger partial charge in [0.2, 0.25) is 0 Å². The van der Waals surface area contributed by atoms with Crippen molar-refractivity contribution in [1.82, 2.24) is 14.8 Å². The topological polar surface area (TPSA) is 64.8 Å². The van der Waals surface area contributed by atoms with Gasteiger partial charge in [0.1, 0.15) is 0 Å². The Bertz CT molecular complexity index is 1200. The summed E-state index contributed by atoms with van der Waals surface area (Å²) in [5.74, 6) is -0.270. The Balaban J connectivity index is 2.33. The number of sulfone groups is 1. The van der Waals surface area contributed by atoms with Crippen molar-refractivity contribution in [3.05, 3.63) is 59.4 Å². The molecule has 2 heterocycles. The minimum atomic E-state index is -4.93. The van der Waals surface area contributed by atoms with Crippen molar-refractivity contribution in [3.8, 4) is 17.1 Å². The second kappa shape index (κ2) is 7.11. The predicted molar refractivity (Wildman–Crippen MR) is 94.6 cm³/mol. The average molecular weight is 449 g/mol. The first-order chi connectivity index (χ1) is 13.7. The molecular formula is C18H13F6N3O2S. The average Bonchev–Trinajstić information content (AvgIpc) is 2.98. The first kappa shape index (κ1) is 21.8. The molecule has 0 bridgehead atoms. The Morgan fingerprint density at radius 1 is 0.933 bits per heavy atom. The Morgan fingerprint density at radius 2 is 1.57 bits per heavy atom. The lowest BCUT2D eigenvalue weighted by atomic mass is 10.00. The van der Waals surface area contributed by atoms with Gasteiger partial charge in [-0.1, -0.05) is 18.2 Å². The smallest absolute Gasteiger partial charge is 0.236 e. The molecule has 0 saturated carbocycles. The predicted octanol–water partition coefficient (Wildman–Crippen LogP) is 4.68. The quantitative estimate of drug-likeness (QED) is 0.545. The highest BCUT2D eigenvalue weighted by Crippen LogP contribution is 2.42. The van der Waals surface area contributed by atoms with Crippen LogP contribution in [0.15, 0.2) is 47.5 Å². The third kappa shape index (κ3) is 4.04. The molecule has 12 heteroatoms. The van der Waals surface area contributed by atoms with Crippen LogP contribution in [0.4, 0.5) is 26.3 Å². The maximum absolute atomic E-state index is 13.5. The van der Waals surface area contributed by atoms with E-state index in [1.165, 1.54) is 6.07 Å². The molecule has 0 spiro atoms. The maximum atomic E-state index is 13.5. The lowest BCUT2D eigenvalue weighted by Gasteiger charge is -2.15. The number of halogens is 6. The molecule has 3 aromatic rings. The summed E-state index contributed by atoms with van der Waals surface area (Å²) in [6.45, 7) is 1.01. The highest BCUT2D eigenvalue weighted by molar-refractivity contribution is 7.90. The first-order valence-corrected chi connectivity index (χ1v) is 10.1. The molecule has 2 aromatic heterocycles. The van der Waals surface area contributed by atoms with Crippen LogP contribution >= 0.6 is 0 Å². The van der Waals surface area contributed by atoms with Gasteiger partial charge in [-0.05, 0) is 25.1 Å². The normalized spacial score (nSPS) is 12.9. The second-order valence-corrected chi connectivity index (χ2v) is 8.42. The van der Waals surface area contributed by atoms with E-state index in [-0.39, 0.29) is 10.7 Å². The van der Waals surface area contributed by atoms with Gasteiger partial charge in [0, 0.05) is 23.6 Å². The van der Waals surface area contributed by atoms with Crippen LogP contribution in [0.5, 0.6) is 0 Å². The van der Waals surface area contributed by atoms with E-state index in [0.29, 0.717) is 4.68 Å². The number of pyridine rings is 1. The number of hydrogen-bond acceptors (Lipinski definition) is 4. The fraction of sp³-hybridized carbons (Fsp3) is 0.222. The molecule has 3 rings (SSSR count). The molecule has 160 valence electrons. The monoisotopic (exact) mass is 449 g/mol. The lowest BCUT2D eigenvalue weighted by Crippen LogP contribution is -2.10. The van der Waals surface area contributed by atoms with Crippen molar-refractivity contribution >= 4 is 9.84 Å². The number of aromatic nitrogens is 3. The molecule has 5 nitrogen and oxygen atoms in total. The van der Waals surface area contributed by atoms with Crippen LogP contribution in [0.3, 0.4) is 0 Å². The zero-order valence-electron chi connectivity index (χ0n) is 15.4. The van der Waals surface area contributed by atoms with Crippen molar-refractivity contribution in [2.75, 3.05) is 6.26 Å². The van der Waals surface area contributed by atoms with Gasteiger partial charge in [-0.15, -0.1) is 0 Å². The highest BCUT2D eigenvalue weighted by Gasteiger charge is 2.40. The maximum Gasteiger partial charge on any atom is 0.435 e. The van der Waals surface area contributed by atoms with E-state index < -0.39 is 50.3 Å². The van der Waals surface area contributed by atoms with Gasteiger partial charge >= 0.3 is 12.4 Å². The van der Waals surface area contributed by atoms with Crippen molar-refractivity contribution in [1.29, 1.82) is 0 Å². The van der Waals surface area contributed by atoms with Gasteiger partial charge < -0.3 is 0 Å². The molecule has 0 amide bonds. The summed E-state index contributed by atoms with van der Waals surface area (Å²) in [4.78, 5) is 3.60. The minimum Gasteiger partial charge on any atom is -0.236 e. The van der Waals surface area contributed by atoms with E-state index in [4.69, 9.17) is 0 Å². The molecule has 0 unspecified atom stereocenters. The fourth-order valence-electron chi connectivity index (χ4n) is 2.90. The molecular weight excluding hydrogens is 436 g/mol. The van der Waals surface area contributed by atoms with Gasteiger partial charge in [-0.3, -0.25) is 0 Å². The van der Waals surface area contributed by atoms with E-state index in [0.717, 1.165) is 49.7 Å². The summed E-state index contributed by atoms with van der Waals surface area (Å²) in [5.41, 5.74) is -4.00. The SMILES string of the molecule is Cc1c(C(F)(F)F)nn(-c2ccc(S(C)(=O)=O)cn2)c1-c1ccccc1C(F)(F)F. The molecule has 0 fully saturated rings. The van der Waals surface area contributed by atoms with E-state index in [2.05, 4.69) is 10.1 Å². The van der Waals surface area contributed by atoms with Gasteiger partial charge in [-0.25, -0.2) is 18.1 Å². The van der Waals surface area contributed by atoms with Crippen LogP contribution in [-0.4, -0.2) is 29.4 Å². The largest absolute Gasteiger partial charge is 0.435 e. The summed E-state index contributed by atoms with van der Waals surface area (Å²) in [7, 11) is -3.64. The van der Waals surface area contributed by atoms with Gasteiger partial charge in [0.15, 0.2) is 21.3 Å². The van der Waals surface area contributed by atoms with E-state index in [1.54, 1.807) is 0 Å². The number of alkyl halides is 6. The van der Waals surface area contributed by atoms with Gasteiger partial charge in [0.25, 0.3) is 0 Å². The molecule has 0 atom stereocenters. The molecule has 0 saturated heterocycles. The van der Waals surface area contributed by atoms with Gasteiger partial charge in [0.05, 0.1) is 16.2 Å². The molecule has 0 aliphatic rings. The molecule has 0 aliphatic carbocycles. The van der Waals surface area contributed by atoms with Crippen LogP contribution in [0.2, 0.25) is 0 Å². The van der Waals surface area contributed by atoms with Gasteiger partial charge in [-0.2, -0.15) is 31.4 Å². The van der Waals surface area contributed by atoms with Crippen molar-refractivity contribution in [2.24, 2.45) is 0 Å².